The highest BCUT2D eigenvalue weighted by molar-refractivity contribution is 6.49. The molecule has 1 unspecified atom stereocenters. The van der Waals surface area contributed by atoms with Crippen LogP contribution in [0.2, 0.25) is 0 Å². The van der Waals surface area contributed by atoms with E-state index in [-0.39, 0.29) is 11.5 Å². The van der Waals surface area contributed by atoms with Gasteiger partial charge in [-0.15, -0.1) is 0 Å². The molecule has 1 aromatic rings. The van der Waals surface area contributed by atoms with Crippen LogP contribution in [-0.4, -0.2) is 6.04 Å². The van der Waals surface area contributed by atoms with Crippen molar-refractivity contribution < 1.29 is 0 Å². The van der Waals surface area contributed by atoms with E-state index in [1.165, 1.54) is 0 Å². The van der Waals surface area contributed by atoms with Gasteiger partial charge in [-0.3, -0.25) is 5.32 Å². The molecule has 1 aliphatic heterocycles. The lowest BCUT2D eigenvalue weighted by molar-refractivity contribution is 0.334. The Hall–Kier alpha value is -0.950. The molecule has 0 N–H and O–H groups in total. The minimum Gasteiger partial charge on any atom is -0.277 e. The van der Waals surface area contributed by atoms with Crippen molar-refractivity contribution >= 4 is 22.3 Å². The van der Waals surface area contributed by atoms with Crippen molar-refractivity contribution in [2.75, 3.05) is 0 Å². The average molecular weight is 221 g/mol. The molecule has 79 valence electrons. The molecule has 1 heterocycles. The topological polar surface area (TPSA) is 14.1 Å². The quantitative estimate of drug-likeness (QED) is 0.629. The van der Waals surface area contributed by atoms with Gasteiger partial charge in [-0.2, -0.15) is 0 Å². The number of halogens is 1. The number of nitrogens with zero attached hydrogens (tertiary/aromatic N) is 1. The second-order valence-corrected chi connectivity index (χ2v) is 5.38. The third-order valence-corrected chi connectivity index (χ3v) is 2.96. The van der Waals surface area contributed by atoms with Crippen molar-refractivity contribution in [3.8, 4) is 0 Å². The van der Waals surface area contributed by atoms with E-state index in [0.717, 1.165) is 16.3 Å². The van der Waals surface area contributed by atoms with E-state index in [2.05, 4.69) is 20.8 Å². The normalized spacial score (nSPS) is 20.3. The van der Waals surface area contributed by atoms with Crippen LogP contribution < -0.4 is 5.32 Å². The SMILES string of the molecule is CC(C)(C)C1C=C(Cl)c2ccccc2[N]1. The van der Waals surface area contributed by atoms with E-state index in [0.29, 0.717) is 0 Å². The first-order chi connectivity index (χ1) is 6.98. The standard InChI is InChI=1S/C13H15ClN/c1-13(2,3)12-8-10(14)9-6-4-5-7-11(9)15-12/h4-8,12H,1-3H3. The van der Waals surface area contributed by atoms with Gasteiger partial charge >= 0.3 is 0 Å². The van der Waals surface area contributed by atoms with Crippen molar-refractivity contribution in [2.24, 2.45) is 5.41 Å². The first-order valence-electron chi connectivity index (χ1n) is 5.16. The summed E-state index contributed by atoms with van der Waals surface area (Å²) in [4.78, 5) is 0. The van der Waals surface area contributed by atoms with E-state index in [4.69, 9.17) is 16.9 Å². The lowest BCUT2D eigenvalue weighted by atomic mass is 9.84. The summed E-state index contributed by atoms with van der Waals surface area (Å²) in [6.45, 7) is 6.53. The summed E-state index contributed by atoms with van der Waals surface area (Å²) in [5.41, 5.74) is 2.16. The van der Waals surface area contributed by atoms with E-state index in [9.17, 15) is 0 Å². The molecule has 2 rings (SSSR count). The third kappa shape index (κ3) is 2.03. The predicted octanol–water partition coefficient (Wildman–Crippen LogP) is 3.93. The molecule has 0 amide bonds. The van der Waals surface area contributed by atoms with Crippen LogP contribution in [0.4, 0.5) is 5.69 Å². The highest BCUT2D eigenvalue weighted by Crippen LogP contribution is 2.36. The van der Waals surface area contributed by atoms with Gasteiger partial charge in [0.15, 0.2) is 0 Å². The summed E-state index contributed by atoms with van der Waals surface area (Å²) in [6.07, 6.45) is 2.05. The smallest absolute Gasteiger partial charge is 0.0753 e. The van der Waals surface area contributed by atoms with Gasteiger partial charge in [-0.25, -0.2) is 0 Å². The highest BCUT2D eigenvalue weighted by Gasteiger charge is 2.28. The van der Waals surface area contributed by atoms with Gasteiger partial charge in [0.2, 0.25) is 0 Å². The Labute approximate surface area is 96.1 Å². The van der Waals surface area contributed by atoms with Gasteiger partial charge in [0.1, 0.15) is 0 Å². The zero-order valence-electron chi connectivity index (χ0n) is 9.29. The number of rotatable bonds is 0. The van der Waals surface area contributed by atoms with Crippen LogP contribution in [0.25, 0.3) is 5.03 Å². The van der Waals surface area contributed by atoms with E-state index < -0.39 is 0 Å². The molecule has 1 aliphatic rings. The van der Waals surface area contributed by atoms with Gasteiger partial charge in [0.25, 0.3) is 0 Å². The first-order valence-corrected chi connectivity index (χ1v) is 5.54. The van der Waals surface area contributed by atoms with Crippen LogP contribution in [-0.2, 0) is 0 Å². The van der Waals surface area contributed by atoms with E-state index >= 15 is 0 Å². The Bertz CT molecular complexity index is 401. The number of benzene rings is 1. The van der Waals surface area contributed by atoms with Crippen molar-refractivity contribution in [1.29, 1.82) is 0 Å². The average Bonchev–Trinajstić information content (AvgIpc) is 2.16. The molecule has 2 heteroatoms. The van der Waals surface area contributed by atoms with Gasteiger partial charge in [0.05, 0.1) is 11.7 Å². The van der Waals surface area contributed by atoms with E-state index in [1.807, 2.05) is 30.3 Å². The molecule has 0 aromatic heterocycles. The fourth-order valence-electron chi connectivity index (χ4n) is 1.65. The van der Waals surface area contributed by atoms with Crippen molar-refractivity contribution in [3.05, 3.63) is 35.9 Å². The minimum absolute atomic E-state index is 0.119. The highest BCUT2D eigenvalue weighted by atomic mass is 35.5. The molecule has 1 aromatic carbocycles. The molecule has 0 bridgehead atoms. The van der Waals surface area contributed by atoms with Gasteiger partial charge < -0.3 is 0 Å². The molecule has 1 atom stereocenters. The Morgan fingerprint density at radius 3 is 2.53 bits per heavy atom. The summed E-state index contributed by atoms with van der Waals surface area (Å²) in [5, 5.41) is 5.53. The number of fused-ring (bicyclic) bond motifs is 1. The van der Waals surface area contributed by atoms with Crippen LogP contribution in [0.15, 0.2) is 30.3 Å². The molecule has 0 fully saturated rings. The Kier molecular flexibility index (Phi) is 2.51. The lowest BCUT2D eigenvalue weighted by Crippen LogP contribution is -2.33. The van der Waals surface area contributed by atoms with Crippen molar-refractivity contribution in [1.82, 2.24) is 5.32 Å². The maximum atomic E-state index is 6.25. The maximum Gasteiger partial charge on any atom is 0.0753 e. The van der Waals surface area contributed by atoms with Crippen LogP contribution in [0.3, 0.4) is 0 Å². The second kappa shape index (κ2) is 3.57. The fraction of sp³-hybridized carbons (Fsp3) is 0.385. The lowest BCUT2D eigenvalue weighted by Gasteiger charge is -2.31. The van der Waals surface area contributed by atoms with Gasteiger partial charge in [0, 0.05) is 10.6 Å². The molecule has 1 radical (unpaired) electrons. The maximum absolute atomic E-state index is 6.25. The Morgan fingerprint density at radius 1 is 1.20 bits per heavy atom. The third-order valence-electron chi connectivity index (χ3n) is 2.63. The summed E-state index contributed by atoms with van der Waals surface area (Å²) in [5.74, 6) is 0. The van der Waals surface area contributed by atoms with Crippen molar-refractivity contribution in [2.45, 2.75) is 26.8 Å². The summed E-state index contributed by atoms with van der Waals surface area (Å²) in [6, 6.07) is 8.18. The van der Waals surface area contributed by atoms with E-state index in [1.54, 1.807) is 0 Å². The molecular weight excluding hydrogens is 206 g/mol. The van der Waals surface area contributed by atoms with Crippen LogP contribution in [0, 0.1) is 5.41 Å². The second-order valence-electron chi connectivity index (χ2n) is 4.97. The molecule has 0 spiro atoms. The van der Waals surface area contributed by atoms with Crippen LogP contribution in [0.5, 0.6) is 0 Å². The molecule has 0 aliphatic carbocycles. The Balaban J connectivity index is 2.41. The zero-order chi connectivity index (χ0) is 11.1. The number of para-hydroxylation sites is 1. The molecule has 1 nitrogen and oxygen atoms in total. The Morgan fingerprint density at radius 2 is 1.87 bits per heavy atom. The largest absolute Gasteiger partial charge is 0.277 e. The predicted molar refractivity (Wildman–Crippen MR) is 65.3 cm³/mol. The summed E-state index contributed by atoms with van der Waals surface area (Å²) >= 11 is 6.25. The fourth-order valence-corrected chi connectivity index (χ4v) is 1.93. The molecular formula is C13H15ClN. The van der Waals surface area contributed by atoms with Crippen LogP contribution in [0.1, 0.15) is 26.3 Å². The number of hydrogen-bond donors (Lipinski definition) is 0. The molecule has 0 saturated heterocycles. The summed E-state index contributed by atoms with van der Waals surface area (Å²) in [7, 11) is 0. The first kappa shape index (κ1) is 10.6. The van der Waals surface area contributed by atoms with Gasteiger partial charge in [-0.05, 0) is 17.6 Å². The van der Waals surface area contributed by atoms with Crippen molar-refractivity contribution in [3.63, 3.8) is 0 Å². The summed E-state index contributed by atoms with van der Waals surface area (Å²) < 4.78 is 0. The van der Waals surface area contributed by atoms with Gasteiger partial charge in [-0.1, -0.05) is 50.6 Å². The van der Waals surface area contributed by atoms with Crippen LogP contribution >= 0.6 is 11.6 Å². The molecule has 0 saturated carbocycles. The monoisotopic (exact) mass is 220 g/mol. The number of hydrogen-bond acceptors (Lipinski definition) is 0. The zero-order valence-corrected chi connectivity index (χ0v) is 10.0. The molecule has 15 heavy (non-hydrogen) atoms. The minimum atomic E-state index is 0.119.